The van der Waals surface area contributed by atoms with Crippen LogP contribution >= 0.6 is 11.6 Å². The molecule has 1 aliphatic rings. The van der Waals surface area contributed by atoms with Crippen molar-refractivity contribution in [1.82, 2.24) is 30.2 Å². The summed E-state index contributed by atoms with van der Waals surface area (Å²) in [6, 6.07) is 10.1. The van der Waals surface area contributed by atoms with Crippen molar-refractivity contribution in [1.29, 1.82) is 0 Å². The molecule has 0 aliphatic carbocycles. The van der Waals surface area contributed by atoms with Gasteiger partial charge in [-0.15, -0.1) is 0 Å². The van der Waals surface area contributed by atoms with Crippen LogP contribution in [0.4, 0.5) is 22.4 Å². The molecular formula is C22H24ClN9O. The summed E-state index contributed by atoms with van der Waals surface area (Å²) in [6.45, 7) is 6.35. The van der Waals surface area contributed by atoms with Crippen LogP contribution in [0.2, 0.25) is 5.02 Å². The van der Waals surface area contributed by atoms with Gasteiger partial charge in [0.25, 0.3) is 5.95 Å². The molecular weight excluding hydrogens is 442 g/mol. The number of halogens is 1. The zero-order valence-electron chi connectivity index (χ0n) is 18.4. The number of aryl methyl sites for hydroxylation is 2. The van der Waals surface area contributed by atoms with Crippen molar-refractivity contribution in [3.63, 3.8) is 0 Å². The maximum atomic E-state index is 12.7. The summed E-state index contributed by atoms with van der Waals surface area (Å²) in [6.07, 6.45) is 3.45. The number of anilines is 2. The second kappa shape index (κ2) is 10.2. The van der Waals surface area contributed by atoms with Gasteiger partial charge >= 0.3 is 6.03 Å². The monoisotopic (exact) mass is 465 g/mol. The molecule has 33 heavy (non-hydrogen) atoms. The van der Waals surface area contributed by atoms with E-state index in [2.05, 4.69) is 40.5 Å². The summed E-state index contributed by atoms with van der Waals surface area (Å²) in [5.74, 6) is 1.35. The number of nitrogens with zero attached hydrogens (tertiary/aromatic N) is 7. The molecule has 4 rings (SSSR count). The second-order valence-electron chi connectivity index (χ2n) is 7.50. The number of benzene rings is 1. The summed E-state index contributed by atoms with van der Waals surface area (Å²) < 4.78 is 0. The maximum absolute atomic E-state index is 12.7. The molecule has 1 aliphatic heterocycles. The summed E-state index contributed by atoms with van der Waals surface area (Å²) in [5, 5.41) is 6.24. The Morgan fingerprint density at radius 1 is 1.00 bits per heavy atom. The summed E-state index contributed by atoms with van der Waals surface area (Å²) in [4.78, 5) is 38.8. The fourth-order valence-electron chi connectivity index (χ4n) is 3.40. The van der Waals surface area contributed by atoms with Crippen LogP contribution in [-0.4, -0.2) is 63.0 Å². The maximum Gasteiger partial charge on any atom is 0.326 e. The lowest BCUT2D eigenvalue weighted by atomic mass is 10.3. The van der Waals surface area contributed by atoms with E-state index < -0.39 is 6.03 Å². The van der Waals surface area contributed by atoms with Crippen molar-refractivity contribution in [2.75, 3.05) is 36.4 Å². The zero-order chi connectivity index (χ0) is 23.2. The molecule has 2 N–H and O–H groups in total. The quantitative estimate of drug-likeness (QED) is 0.451. The van der Waals surface area contributed by atoms with Gasteiger partial charge in [0.15, 0.2) is 0 Å². The predicted octanol–water partition coefficient (Wildman–Crippen LogP) is 3.17. The Morgan fingerprint density at radius 3 is 2.27 bits per heavy atom. The van der Waals surface area contributed by atoms with Crippen molar-refractivity contribution in [2.45, 2.75) is 13.8 Å². The SMILES string of the molecule is Cc1cc(C)nc(/N=C(\NC(=O)Nc2ccc(Cl)cc2)N2CCN(c3ncccn3)CC2)n1. The van der Waals surface area contributed by atoms with Gasteiger partial charge in [-0.25, -0.2) is 24.7 Å². The summed E-state index contributed by atoms with van der Waals surface area (Å²) in [7, 11) is 0. The van der Waals surface area contributed by atoms with E-state index in [9.17, 15) is 4.79 Å². The molecule has 1 saturated heterocycles. The number of piperazine rings is 1. The van der Waals surface area contributed by atoms with Crippen molar-refractivity contribution >= 4 is 41.2 Å². The molecule has 0 unspecified atom stereocenters. The van der Waals surface area contributed by atoms with E-state index in [0.717, 1.165) is 11.4 Å². The highest BCUT2D eigenvalue weighted by atomic mass is 35.5. The van der Waals surface area contributed by atoms with Crippen molar-refractivity contribution in [3.05, 3.63) is 65.2 Å². The van der Waals surface area contributed by atoms with Gasteiger partial charge in [-0.05, 0) is 50.2 Å². The van der Waals surface area contributed by atoms with Crippen LogP contribution < -0.4 is 15.5 Å². The molecule has 2 amide bonds. The molecule has 0 atom stereocenters. The number of carbonyl (C=O) groups is 1. The smallest absolute Gasteiger partial charge is 0.326 e. The van der Waals surface area contributed by atoms with Crippen molar-refractivity contribution < 1.29 is 4.79 Å². The molecule has 0 bridgehead atoms. The first-order valence-corrected chi connectivity index (χ1v) is 10.9. The zero-order valence-corrected chi connectivity index (χ0v) is 19.1. The van der Waals surface area contributed by atoms with E-state index in [1.54, 1.807) is 42.7 Å². The highest BCUT2D eigenvalue weighted by Gasteiger charge is 2.23. The molecule has 1 aromatic carbocycles. The number of guanidine groups is 1. The molecule has 10 nitrogen and oxygen atoms in total. The fourth-order valence-corrected chi connectivity index (χ4v) is 3.53. The first-order chi connectivity index (χ1) is 16.0. The van der Waals surface area contributed by atoms with Crippen LogP contribution in [0.1, 0.15) is 11.4 Å². The number of hydrogen-bond acceptors (Lipinski definition) is 7. The second-order valence-corrected chi connectivity index (χ2v) is 7.93. The van der Waals surface area contributed by atoms with Gasteiger partial charge in [0, 0.05) is 60.7 Å². The van der Waals surface area contributed by atoms with E-state index in [4.69, 9.17) is 11.6 Å². The molecule has 3 heterocycles. The number of nitrogens with one attached hydrogen (secondary N) is 2. The Morgan fingerprint density at radius 2 is 1.64 bits per heavy atom. The van der Waals surface area contributed by atoms with E-state index in [1.807, 2.05) is 24.8 Å². The van der Waals surface area contributed by atoms with Crippen LogP contribution in [0.15, 0.2) is 53.8 Å². The summed E-state index contributed by atoms with van der Waals surface area (Å²) >= 11 is 5.93. The number of carbonyl (C=O) groups excluding carboxylic acids is 1. The van der Waals surface area contributed by atoms with E-state index in [-0.39, 0.29) is 0 Å². The number of aromatic nitrogens is 4. The van der Waals surface area contributed by atoms with Crippen LogP contribution in [0.25, 0.3) is 0 Å². The lowest BCUT2D eigenvalue weighted by molar-refractivity contribution is 0.254. The lowest BCUT2D eigenvalue weighted by Gasteiger charge is -2.36. The van der Waals surface area contributed by atoms with Gasteiger partial charge in [0.05, 0.1) is 0 Å². The number of amides is 2. The average molecular weight is 466 g/mol. The number of aliphatic imine (C=N–C) groups is 1. The fraction of sp³-hybridized carbons (Fsp3) is 0.273. The van der Waals surface area contributed by atoms with Crippen LogP contribution in [0.5, 0.6) is 0 Å². The summed E-state index contributed by atoms with van der Waals surface area (Å²) in [5.41, 5.74) is 2.22. The predicted molar refractivity (Wildman–Crippen MR) is 128 cm³/mol. The molecule has 3 aromatic rings. The van der Waals surface area contributed by atoms with Gasteiger partial charge in [-0.3, -0.25) is 5.32 Å². The van der Waals surface area contributed by atoms with Crippen molar-refractivity contribution in [3.8, 4) is 0 Å². The highest BCUT2D eigenvalue weighted by Crippen LogP contribution is 2.15. The molecule has 0 spiro atoms. The molecule has 11 heteroatoms. The van der Waals surface area contributed by atoms with Gasteiger partial charge in [0.1, 0.15) is 0 Å². The number of hydrogen-bond donors (Lipinski definition) is 2. The van der Waals surface area contributed by atoms with E-state index in [1.165, 1.54) is 0 Å². The normalized spacial score (nSPS) is 14.2. The Kier molecular flexibility index (Phi) is 6.94. The topological polar surface area (TPSA) is 112 Å². The first-order valence-electron chi connectivity index (χ1n) is 10.5. The number of urea groups is 1. The number of rotatable bonds is 3. The highest BCUT2D eigenvalue weighted by molar-refractivity contribution is 6.30. The third-order valence-corrected chi connectivity index (χ3v) is 5.17. The Labute approximate surface area is 196 Å². The van der Waals surface area contributed by atoms with Gasteiger partial charge in [0.2, 0.25) is 11.9 Å². The van der Waals surface area contributed by atoms with Crippen molar-refractivity contribution in [2.24, 2.45) is 4.99 Å². The third kappa shape index (κ3) is 6.13. The largest absolute Gasteiger partial charge is 0.339 e. The van der Waals surface area contributed by atoms with Gasteiger partial charge < -0.3 is 15.1 Å². The Bertz CT molecular complexity index is 1110. The molecule has 0 radical (unpaired) electrons. The molecule has 0 saturated carbocycles. The average Bonchev–Trinajstić information content (AvgIpc) is 2.80. The van der Waals surface area contributed by atoms with Gasteiger partial charge in [-0.2, -0.15) is 4.99 Å². The standard InChI is InChI=1S/C22H24ClN9O/c1-15-14-16(2)27-19(26-15)29-21(30-22(33)28-18-6-4-17(23)5-7-18)32-12-10-31(11-13-32)20-24-8-3-9-25-20/h3-9,14H,10-13H2,1-2H3,(H2,26,27,28,29,30,33). The van der Waals surface area contributed by atoms with Gasteiger partial charge in [-0.1, -0.05) is 11.6 Å². The minimum absolute atomic E-state index is 0.295. The lowest BCUT2D eigenvalue weighted by Crippen LogP contribution is -2.54. The Hall–Kier alpha value is -3.79. The Balaban J connectivity index is 1.52. The first kappa shape index (κ1) is 22.4. The third-order valence-electron chi connectivity index (χ3n) is 4.92. The van der Waals surface area contributed by atoms with Crippen LogP contribution in [-0.2, 0) is 0 Å². The minimum Gasteiger partial charge on any atom is -0.339 e. The van der Waals surface area contributed by atoms with E-state index in [0.29, 0.717) is 54.7 Å². The van der Waals surface area contributed by atoms with E-state index >= 15 is 0 Å². The van der Waals surface area contributed by atoms with Crippen LogP contribution in [0.3, 0.4) is 0 Å². The van der Waals surface area contributed by atoms with Crippen LogP contribution in [0, 0.1) is 13.8 Å². The molecule has 1 fully saturated rings. The molecule has 2 aromatic heterocycles. The minimum atomic E-state index is -0.422. The molecule has 170 valence electrons.